The van der Waals surface area contributed by atoms with Crippen LogP contribution in [0.2, 0.25) is 0 Å². The van der Waals surface area contributed by atoms with E-state index in [-0.39, 0.29) is 5.57 Å². The van der Waals surface area contributed by atoms with Crippen LogP contribution in [0.3, 0.4) is 0 Å². The Kier molecular flexibility index (Phi) is 7.76. The van der Waals surface area contributed by atoms with Gasteiger partial charge in [0.05, 0.1) is 46.4 Å². The summed E-state index contributed by atoms with van der Waals surface area (Å²) < 4.78 is 10.8. The number of hydrogen-bond donors (Lipinski definition) is 1. The number of carbonyl (C=O) groups is 2. The molecule has 0 saturated carbocycles. The Morgan fingerprint density at radius 3 is 2.30 bits per heavy atom. The average molecular weight is 453 g/mol. The Hall–Kier alpha value is -3.32. The number of likely N-dealkylation sites (tertiary alicyclic amines) is 1. The zero-order valence-corrected chi connectivity index (χ0v) is 19.9. The first-order valence-corrected chi connectivity index (χ1v) is 11.3. The first-order chi connectivity index (χ1) is 15.9. The van der Waals surface area contributed by atoms with Gasteiger partial charge in [0.25, 0.3) is 5.91 Å². The second kappa shape index (κ2) is 10.5. The number of hydrogen-bond acceptors (Lipinski definition) is 5. The van der Waals surface area contributed by atoms with Crippen molar-refractivity contribution in [3.05, 3.63) is 64.7 Å². The van der Waals surface area contributed by atoms with Crippen LogP contribution in [0.1, 0.15) is 36.6 Å². The smallest absolute Gasteiger partial charge is 0.295 e. The van der Waals surface area contributed by atoms with Crippen LogP contribution >= 0.6 is 0 Å². The summed E-state index contributed by atoms with van der Waals surface area (Å²) in [5.74, 6) is -0.672. The average Bonchev–Trinajstić information content (AvgIpc) is 3.08. The van der Waals surface area contributed by atoms with Crippen molar-refractivity contribution in [2.24, 2.45) is 0 Å². The molecular weight excluding hydrogens is 420 g/mol. The third kappa shape index (κ3) is 4.73. The third-order valence-corrected chi connectivity index (χ3v) is 6.33. The molecule has 0 aliphatic carbocycles. The molecule has 176 valence electrons. The fraction of sp³-hybridized carbons (Fsp3) is 0.385. The Morgan fingerprint density at radius 1 is 1.03 bits per heavy atom. The van der Waals surface area contributed by atoms with Gasteiger partial charge in [-0.15, -0.1) is 0 Å². The number of Topliss-reactive ketones (excluding diaryl/α,β-unsaturated/α-hetero) is 1. The third-order valence-electron chi connectivity index (χ3n) is 6.33. The van der Waals surface area contributed by atoms with Crippen molar-refractivity contribution in [3.63, 3.8) is 0 Å². The largest absolute Gasteiger partial charge is 0.872 e. The van der Waals surface area contributed by atoms with Gasteiger partial charge >= 0.3 is 0 Å². The number of ketones is 1. The molecule has 1 amide bonds. The second-order valence-corrected chi connectivity index (χ2v) is 8.11. The molecule has 33 heavy (non-hydrogen) atoms. The van der Waals surface area contributed by atoms with E-state index in [1.807, 2.05) is 19.1 Å². The summed E-state index contributed by atoms with van der Waals surface area (Å²) in [6.07, 6.45) is 0. The summed E-state index contributed by atoms with van der Waals surface area (Å²) in [5, 5.41) is 13.6. The first-order valence-electron chi connectivity index (χ1n) is 11.3. The van der Waals surface area contributed by atoms with Gasteiger partial charge in [0.15, 0.2) is 0 Å². The monoisotopic (exact) mass is 452 g/mol. The maximum Gasteiger partial charge on any atom is 0.295 e. The molecule has 0 radical (unpaired) electrons. The lowest BCUT2D eigenvalue weighted by molar-refractivity contribution is -0.895. The van der Waals surface area contributed by atoms with Crippen molar-refractivity contribution in [3.8, 4) is 11.5 Å². The summed E-state index contributed by atoms with van der Waals surface area (Å²) in [6.45, 7) is 8.86. The van der Waals surface area contributed by atoms with Crippen LogP contribution in [-0.4, -0.2) is 57.0 Å². The van der Waals surface area contributed by atoms with Crippen LogP contribution in [0.15, 0.2) is 48.0 Å². The van der Waals surface area contributed by atoms with Crippen LogP contribution in [0.25, 0.3) is 5.76 Å². The Labute approximate surface area is 195 Å². The summed E-state index contributed by atoms with van der Waals surface area (Å²) in [6, 6.07) is 11.4. The quantitative estimate of drug-likeness (QED) is 0.351. The fourth-order valence-electron chi connectivity index (χ4n) is 4.37. The molecule has 1 heterocycles. The summed E-state index contributed by atoms with van der Waals surface area (Å²) >= 11 is 0. The van der Waals surface area contributed by atoms with Gasteiger partial charge in [0, 0.05) is 11.1 Å². The summed E-state index contributed by atoms with van der Waals surface area (Å²) in [7, 11) is 3.10. The number of amides is 1. The predicted octanol–water partition coefficient (Wildman–Crippen LogP) is 1.16. The minimum atomic E-state index is -0.800. The summed E-state index contributed by atoms with van der Waals surface area (Å²) in [4.78, 5) is 29.1. The fourth-order valence-corrected chi connectivity index (χ4v) is 4.37. The molecule has 1 atom stereocenters. The molecule has 0 spiro atoms. The van der Waals surface area contributed by atoms with E-state index in [1.165, 1.54) is 16.9 Å². The molecule has 1 fully saturated rings. The van der Waals surface area contributed by atoms with Crippen molar-refractivity contribution in [1.82, 2.24) is 4.90 Å². The van der Waals surface area contributed by atoms with E-state index < -0.39 is 23.5 Å². The molecule has 2 aromatic carbocycles. The van der Waals surface area contributed by atoms with Gasteiger partial charge in [0.2, 0.25) is 5.78 Å². The number of aryl methyl sites for hydroxylation is 1. The molecule has 1 aliphatic heterocycles. The molecule has 0 aromatic heterocycles. The van der Waals surface area contributed by atoms with Crippen molar-refractivity contribution >= 4 is 17.4 Å². The maximum atomic E-state index is 13.6. The molecule has 1 unspecified atom stereocenters. The highest BCUT2D eigenvalue weighted by atomic mass is 16.5. The topological polar surface area (TPSA) is 83.3 Å². The van der Waals surface area contributed by atoms with Gasteiger partial charge in [0.1, 0.15) is 11.5 Å². The first kappa shape index (κ1) is 24.3. The standard InChI is InChI=1S/C26H32N2O5/c1-6-27(7-2)14-15-28-23(19-10-8-9-11-21(19)33-5)22(25(30)26(28)31)24(29)18-12-13-20(32-4)17(3)16-18/h8-13,16,23,29H,6-7,14-15H2,1-5H3/b24-22+. The van der Waals surface area contributed by atoms with E-state index in [2.05, 4.69) is 13.8 Å². The lowest BCUT2D eigenvalue weighted by Crippen LogP contribution is -3.12. The molecular formula is C26H32N2O5. The minimum Gasteiger partial charge on any atom is -0.872 e. The van der Waals surface area contributed by atoms with Crippen molar-refractivity contribution in [1.29, 1.82) is 0 Å². The van der Waals surface area contributed by atoms with Gasteiger partial charge in [-0.1, -0.05) is 30.0 Å². The highest BCUT2D eigenvalue weighted by Gasteiger charge is 2.45. The number of ether oxygens (including phenoxy) is 2. The van der Waals surface area contributed by atoms with Crippen LogP contribution < -0.4 is 19.5 Å². The van der Waals surface area contributed by atoms with E-state index in [9.17, 15) is 14.7 Å². The van der Waals surface area contributed by atoms with Crippen LogP contribution in [-0.2, 0) is 9.59 Å². The van der Waals surface area contributed by atoms with Crippen LogP contribution in [0.4, 0.5) is 0 Å². The van der Waals surface area contributed by atoms with Gasteiger partial charge < -0.3 is 24.4 Å². The zero-order chi connectivity index (χ0) is 24.1. The SMILES string of the molecule is CC[NH+](CC)CCN1C(=O)C(=O)/C(=C(/[O-])c2ccc(OC)c(C)c2)C1c1ccccc1OC. The second-order valence-electron chi connectivity index (χ2n) is 8.11. The number of likely N-dealkylation sites (N-methyl/N-ethyl adjacent to an activating group) is 1. The van der Waals surface area contributed by atoms with Crippen LogP contribution in [0, 0.1) is 6.92 Å². The number of nitrogens with one attached hydrogen (secondary N) is 1. The van der Waals surface area contributed by atoms with E-state index in [0.29, 0.717) is 35.7 Å². The molecule has 1 N–H and O–H groups in total. The number of benzene rings is 2. The van der Waals surface area contributed by atoms with Gasteiger partial charge in [-0.3, -0.25) is 9.59 Å². The number of carbonyl (C=O) groups excluding carboxylic acids is 2. The van der Waals surface area contributed by atoms with Crippen molar-refractivity contribution in [2.45, 2.75) is 26.8 Å². The normalized spacial score (nSPS) is 17.6. The number of nitrogens with zero attached hydrogens (tertiary/aromatic N) is 1. The summed E-state index contributed by atoms with van der Waals surface area (Å²) in [5.41, 5.74) is 1.71. The van der Waals surface area contributed by atoms with Gasteiger partial charge in [-0.05, 0) is 50.1 Å². The Balaban J connectivity index is 2.16. The van der Waals surface area contributed by atoms with Crippen LogP contribution in [0.5, 0.6) is 11.5 Å². The molecule has 1 aliphatic rings. The van der Waals surface area contributed by atoms with Gasteiger partial charge in [-0.25, -0.2) is 0 Å². The minimum absolute atomic E-state index is 0.0383. The number of quaternary nitrogens is 1. The Morgan fingerprint density at radius 2 is 1.70 bits per heavy atom. The lowest BCUT2D eigenvalue weighted by atomic mass is 9.94. The highest BCUT2D eigenvalue weighted by Crippen LogP contribution is 2.42. The molecule has 7 nitrogen and oxygen atoms in total. The zero-order valence-electron chi connectivity index (χ0n) is 19.9. The molecule has 3 rings (SSSR count). The number of methoxy groups -OCH3 is 2. The number of rotatable bonds is 9. The molecule has 0 bridgehead atoms. The van der Waals surface area contributed by atoms with Crippen molar-refractivity contribution in [2.75, 3.05) is 40.4 Å². The molecule has 1 saturated heterocycles. The molecule has 2 aromatic rings. The maximum absolute atomic E-state index is 13.6. The van der Waals surface area contributed by atoms with Gasteiger partial charge in [-0.2, -0.15) is 0 Å². The van der Waals surface area contributed by atoms with E-state index >= 15 is 0 Å². The number of para-hydroxylation sites is 1. The lowest BCUT2D eigenvalue weighted by Gasteiger charge is -2.29. The molecule has 7 heteroatoms. The van der Waals surface area contributed by atoms with E-state index in [4.69, 9.17) is 9.47 Å². The van der Waals surface area contributed by atoms with Crippen molar-refractivity contribution < 1.29 is 29.1 Å². The predicted molar refractivity (Wildman–Crippen MR) is 124 cm³/mol. The Bertz CT molecular complexity index is 1060. The van der Waals surface area contributed by atoms with E-state index in [1.54, 1.807) is 37.4 Å². The van der Waals surface area contributed by atoms with E-state index in [0.717, 1.165) is 18.7 Å². The highest BCUT2D eigenvalue weighted by molar-refractivity contribution is 6.46.